The molecule has 0 saturated carbocycles. The molecule has 0 rings (SSSR count). The Morgan fingerprint density at radius 1 is 1.00 bits per heavy atom. The van der Waals surface area contributed by atoms with Gasteiger partial charge in [-0.05, 0) is 36.9 Å². The Labute approximate surface area is 144 Å². The summed E-state index contributed by atoms with van der Waals surface area (Å²) >= 11 is 3.00. The van der Waals surface area contributed by atoms with Crippen LogP contribution in [0.4, 0.5) is 0 Å². The smallest absolute Gasteiger partial charge is 0.326 e. The first-order chi connectivity index (χ1) is 10.9. The molecule has 0 fully saturated rings. The Hall–Kier alpha value is -0.970. The van der Waals surface area contributed by atoms with Crippen LogP contribution in [0.25, 0.3) is 0 Å². The molecular weight excluding hydrogens is 342 g/mol. The lowest BCUT2D eigenvalue weighted by atomic mass is 10.1. The van der Waals surface area contributed by atoms with Crippen LogP contribution < -0.4 is 16.4 Å². The average molecular weight is 367 g/mol. The van der Waals surface area contributed by atoms with E-state index in [1.165, 1.54) is 11.8 Å². The summed E-state index contributed by atoms with van der Waals surface area (Å²) in [7, 11) is 0. The third-order valence-electron chi connectivity index (χ3n) is 3.01. The molecule has 8 nitrogen and oxygen atoms in total. The van der Waals surface area contributed by atoms with Crippen LogP contribution in [0.5, 0.6) is 0 Å². The zero-order valence-corrected chi connectivity index (χ0v) is 14.9. The Kier molecular flexibility index (Phi) is 11.9. The van der Waals surface area contributed by atoms with Gasteiger partial charge in [-0.3, -0.25) is 9.59 Å². The number of hydrogen-bond donors (Lipinski definition) is 5. The van der Waals surface area contributed by atoms with Crippen molar-refractivity contribution in [3.05, 3.63) is 0 Å². The fourth-order valence-electron chi connectivity index (χ4n) is 1.61. The average Bonchev–Trinajstić information content (AvgIpc) is 2.53. The molecule has 23 heavy (non-hydrogen) atoms. The van der Waals surface area contributed by atoms with Crippen molar-refractivity contribution in [3.8, 4) is 0 Å². The normalized spacial score (nSPS) is 14.6. The summed E-state index contributed by atoms with van der Waals surface area (Å²) in [5.74, 6) is -1.20. The third-order valence-corrected chi connectivity index (χ3v) is 4.30. The molecule has 0 saturated heterocycles. The van der Waals surface area contributed by atoms with Crippen LogP contribution in [-0.4, -0.2) is 76.7 Å². The summed E-state index contributed by atoms with van der Waals surface area (Å²) in [5.41, 5.74) is 5.69. The number of amides is 2. The van der Waals surface area contributed by atoms with E-state index in [-0.39, 0.29) is 6.42 Å². The molecule has 0 aromatic carbocycles. The fourth-order valence-corrected chi connectivity index (χ4v) is 2.58. The lowest BCUT2D eigenvalue weighted by Crippen LogP contribution is -2.56. The molecule has 3 atom stereocenters. The van der Waals surface area contributed by atoms with E-state index in [2.05, 4.69) is 10.6 Å². The first-order valence-electron chi connectivity index (χ1n) is 7.05. The molecular formula is C13H25N3O5S2. The maximum atomic E-state index is 12.0. The maximum absolute atomic E-state index is 12.0. The molecule has 2 amide bonds. The molecule has 0 aliphatic carbocycles. The first kappa shape index (κ1) is 22.0. The number of nitrogens with two attached hydrogens (primary N) is 1. The number of carboxylic acid groups (broad SMARTS) is 1. The summed E-state index contributed by atoms with van der Waals surface area (Å²) < 4.78 is 0. The lowest BCUT2D eigenvalue weighted by Gasteiger charge is -2.21. The predicted molar refractivity (Wildman–Crippen MR) is 92.6 cm³/mol. The van der Waals surface area contributed by atoms with Gasteiger partial charge in [0.1, 0.15) is 12.1 Å². The van der Waals surface area contributed by atoms with E-state index in [0.29, 0.717) is 17.9 Å². The first-order valence-corrected chi connectivity index (χ1v) is 9.84. The number of aliphatic hydroxyl groups excluding tert-OH is 1. The molecule has 0 spiro atoms. The highest BCUT2D eigenvalue weighted by Gasteiger charge is 2.27. The van der Waals surface area contributed by atoms with Gasteiger partial charge in [-0.2, -0.15) is 23.5 Å². The van der Waals surface area contributed by atoms with Crippen molar-refractivity contribution in [1.82, 2.24) is 10.6 Å². The largest absolute Gasteiger partial charge is 0.480 e. The number of carbonyl (C=O) groups is 3. The van der Waals surface area contributed by atoms with Gasteiger partial charge in [0.05, 0.1) is 12.6 Å². The van der Waals surface area contributed by atoms with E-state index in [1.807, 2.05) is 12.5 Å². The molecule has 10 heteroatoms. The summed E-state index contributed by atoms with van der Waals surface area (Å²) in [6.07, 6.45) is 4.41. The molecule has 6 N–H and O–H groups in total. The van der Waals surface area contributed by atoms with E-state index in [0.717, 1.165) is 0 Å². The summed E-state index contributed by atoms with van der Waals surface area (Å²) in [5, 5.41) is 23.0. The Morgan fingerprint density at radius 2 is 1.52 bits per heavy atom. The summed E-state index contributed by atoms with van der Waals surface area (Å²) in [4.78, 5) is 35.0. The van der Waals surface area contributed by atoms with Gasteiger partial charge in [-0.1, -0.05) is 0 Å². The highest BCUT2D eigenvalue weighted by atomic mass is 32.2. The van der Waals surface area contributed by atoms with Crippen LogP contribution in [0, 0.1) is 0 Å². The molecule has 0 aromatic heterocycles. The minimum atomic E-state index is -1.22. The van der Waals surface area contributed by atoms with Gasteiger partial charge in [-0.15, -0.1) is 0 Å². The highest BCUT2D eigenvalue weighted by molar-refractivity contribution is 7.98. The van der Waals surface area contributed by atoms with Gasteiger partial charge in [0.15, 0.2) is 0 Å². The Morgan fingerprint density at radius 3 is 2.00 bits per heavy atom. The van der Waals surface area contributed by atoms with Crippen LogP contribution in [0.1, 0.15) is 12.8 Å². The Bertz CT molecular complexity index is 398. The van der Waals surface area contributed by atoms with E-state index in [1.54, 1.807) is 11.8 Å². The van der Waals surface area contributed by atoms with Gasteiger partial charge < -0.3 is 26.6 Å². The lowest BCUT2D eigenvalue weighted by molar-refractivity contribution is -0.142. The van der Waals surface area contributed by atoms with Crippen LogP contribution in [0.15, 0.2) is 0 Å². The second-order valence-electron chi connectivity index (χ2n) is 4.81. The molecule has 0 radical (unpaired) electrons. The van der Waals surface area contributed by atoms with Gasteiger partial charge >= 0.3 is 5.97 Å². The standard InChI is InChI=1S/C13H25N3O5S2/c1-22-5-3-8(14)11(18)16-10(7-17)12(19)15-9(13(20)21)4-6-23-2/h8-10,17H,3-7,14H2,1-2H3,(H,15,19)(H,16,18)(H,20,21)/t8-,9-,10-/m0/s1. The molecule has 0 aliphatic heterocycles. The third kappa shape index (κ3) is 9.04. The van der Waals surface area contributed by atoms with E-state index >= 15 is 0 Å². The topological polar surface area (TPSA) is 142 Å². The number of carboxylic acids is 1. The number of nitrogens with one attached hydrogen (secondary N) is 2. The molecule has 0 aromatic rings. The van der Waals surface area contributed by atoms with Crippen LogP contribution in [-0.2, 0) is 14.4 Å². The van der Waals surface area contributed by atoms with Crippen LogP contribution in [0.2, 0.25) is 0 Å². The molecule has 0 unspecified atom stereocenters. The SMILES string of the molecule is CSCC[C@H](NC(=O)[C@H](CO)NC(=O)[C@@H](N)CCSC)C(=O)O. The second kappa shape index (κ2) is 12.5. The van der Waals surface area contributed by atoms with Crippen LogP contribution >= 0.6 is 23.5 Å². The molecule has 0 heterocycles. The van der Waals surface area contributed by atoms with Crippen molar-refractivity contribution in [2.24, 2.45) is 5.73 Å². The van der Waals surface area contributed by atoms with Crippen LogP contribution in [0.3, 0.4) is 0 Å². The van der Waals surface area contributed by atoms with Gasteiger partial charge in [0, 0.05) is 0 Å². The van der Waals surface area contributed by atoms with Crippen molar-refractivity contribution >= 4 is 41.3 Å². The fraction of sp³-hybridized carbons (Fsp3) is 0.769. The van der Waals surface area contributed by atoms with Crippen molar-refractivity contribution in [2.75, 3.05) is 30.6 Å². The van der Waals surface area contributed by atoms with Gasteiger partial charge in [0.25, 0.3) is 0 Å². The number of aliphatic hydroxyl groups is 1. The van der Waals surface area contributed by atoms with Crippen molar-refractivity contribution in [2.45, 2.75) is 31.0 Å². The number of carbonyl (C=O) groups excluding carboxylic acids is 2. The number of aliphatic carboxylic acids is 1. The highest BCUT2D eigenvalue weighted by Crippen LogP contribution is 2.02. The summed E-state index contributed by atoms with van der Waals surface area (Å²) in [6.45, 7) is -0.637. The van der Waals surface area contributed by atoms with Gasteiger partial charge in [-0.25, -0.2) is 4.79 Å². The zero-order chi connectivity index (χ0) is 17.8. The van der Waals surface area contributed by atoms with E-state index in [4.69, 9.17) is 10.8 Å². The molecule has 134 valence electrons. The van der Waals surface area contributed by atoms with Crippen molar-refractivity contribution < 1.29 is 24.6 Å². The molecule has 0 bridgehead atoms. The number of hydrogen-bond acceptors (Lipinski definition) is 7. The predicted octanol–water partition coefficient (Wildman–Crippen LogP) is -1.13. The number of thioether (sulfide) groups is 2. The van der Waals surface area contributed by atoms with Crippen molar-refractivity contribution in [1.29, 1.82) is 0 Å². The van der Waals surface area contributed by atoms with E-state index in [9.17, 15) is 19.5 Å². The van der Waals surface area contributed by atoms with Gasteiger partial charge in [0.2, 0.25) is 11.8 Å². The Balaban J connectivity index is 4.60. The zero-order valence-electron chi connectivity index (χ0n) is 13.3. The van der Waals surface area contributed by atoms with Crippen molar-refractivity contribution in [3.63, 3.8) is 0 Å². The molecule has 0 aliphatic rings. The maximum Gasteiger partial charge on any atom is 0.326 e. The minimum absolute atomic E-state index is 0.252. The monoisotopic (exact) mass is 367 g/mol. The minimum Gasteiger partial charge on any atom is -0.480 e. The number of rotatable bonds is 12. The summed E-state index contributed by atoms with van der Waals surface area (Å²) in [6, 6.07) is -3.07. The quantitative estimate of drug-likeness (QED) is 0.292. The van der Waals surface area contributed by atoms with E-state index < -0.39 is 42.5 Å². The second-order valence-corrected chi connectivity index (χ2v) is 6.78.